The Morgan fingerprint density at radius 2 is 1.95 bits per heavy atom. The SMILES string of the molecule is CCc1c(O)cc(C(C)(C)CCC=C(C)C)cc1OC. The summed E-state index contributed by atoms with van der Waals surface area (Å²) < 4.78 is 5.42. The third-order valence-electron chi connectivity index (χ3n) is 3.86. The van der Waals surface area contributed by atoms with E-state index < -0.39 is 0 Å². The second-order valence-corrected chi connectivity index (χ2v) is 6.23. The van der Waals surface area contributed by atoms with Crippen LogP contribution in [0.4, 0.5) is 0 Å². The van der Waals surface area contributed by atoms with E-state index in [0.29, 0.717) is 5.75 Å². The van der Waals surface area contributed by atoms with Crippen molar-refractivity contribution in [2.24, 2.45) is 0 Å². The molecule has 1 aromatic carbocycles. The zero-order valence-corrected chi connectivity index (χ0v) is 13.7. The Bertz CT molecular complexity index is 480. The fourth-order valence-corrected chi connectivity index (χ4v) is 2.42. The van der Waals surface area contributed by atoms with E-state index in [0.717, 1.165) is 36.1 Å². The molecule has 1 N–H and O–H groups in total. The lowest BCUT2D eigenvalue weighted by Gasteiger charge is -2.26. The predicted octanol–water partition coefficient (Wildman–Crippen LogP) is 4.99. The first-order valence-electron chi connectivity index (χ1n) is 7.35. The van der Waals surface area contributed by atoms with Gasteiger partial charge in [0.05, 0.1) is 7.11 Å². The molecular formula is C18H28O2. The average Bonchev–Trinajstić information content (AvgIpc) is 2.36. The third-order valence-corrected chi connectivity index (χ3v) is 3.86. The molecule has 0 aliphatic carbocycles. The summed E-state index contributed by atoms with van der Waals surface area (Å²) in [6, 6.07) is 3.96. The van der Waals surface area contributed by atoms with Gasteiger partial charge in [-0.05, 0) is 56.2 Å². The van der Waals surface area contributed by atoms with Crippen molar-refractivity contribution in [3.8, 4) is 11.5 Å². The van der Waals surface area contributed by atoms with E-state index in [1.165, 1.54) is 5.57 Å². The van der Waals surface area contributed by atoms with Crippen LogP contribution >= 0.6 is 0 Å². The lowest BCUT2D eigenvalue weighted by molar-refractivity contribution is 0.394. The summed E-state index contributed by atoms with van der Waals surface area (Å²) in [5.41, 5.74) is 3.38. The van der Waals surface area contributed by atoms with Gasteiger partial charge in [-0.2, -0.15) is 0 Å². The van der Waals surface area contributed by atoms with Crippen molar-refractivity contribution < 1.29 is 9.84 Å². The standard InChI is InChI=1S/C18H28O2/c1-7-15-16(19)11-14(12-17(15)20-6)18(4,5)10-8-9-13(2)3/h9,11-12,19H,7-8,10H2,1-6H3. The van der Waals surface area contributed by atoms with Crippen LogP contribution in [0.15, 0.2) is 23.8 Å². The molecular weight excluding hydrogens is 248 g/mol. The highest BCUT2D eigenvalue weighted by Crippen LogP contribution is 2.37. The Kier molecular flexibility index (Phi) is 5.67. The summed E-state index contributed by atoms with van der Waals surface area (Å²) in [6.45, 7) is 10.7. The number of hydrogen-bond donors (Lipinski definition) is 1. The molecule has 0 amide bonds. The minimum absolute atomic E-state index is 0.0168. The van der Waals surface area contributed by atoms with Crippen molar-refractivity contribution in [2.75, 3.05) is 7.11 Å². The van der Waals surface area contributed by atoms with Gasteiger partial charge in [-0.15, -0.1) is 0 Å². The second kappa shape index (κ2) is 6.83. The van der Waals surface area contributed by atoms with Crippen LogP contribution in [0.5, 0.6) is 11.5 Å². The Morgan fingerprint density at radius 1 is 1.30 bits per heavy atom. The minimum Gasteiger partial charge on any atom is -0.508 e. The maximum atomic E-state index is 10.2. The molecule has 0 spiro atoms. The van der Waals surface area contributed by atoms with E-state index in [9.17, 15) is 5.11 Å². The molecule has 0 fully saturated rings. The number of ether oxygens (including phenoxy) is 1. The minimum atomic E-state index is 0.0168. The molecule has 1 rings (SSSR count). The molecule has 2 heteroatoms. The van der Waals surface area contributed by atoms with Crippen LogP contribution in [0.1, 0.15) is 58.6 Å². The summed E-state index contributed by atoms with van der Waals surface area (Å²) in [4.78, 5) is 0. The van der Waals surface area contributed by atoms with Gasteiger partial charge in [0.15, 0.2) is 0 Å². The van der Waals surface area contributed by atoms with Gasteiger partial charge in [0.2, 0.25) is 0 Å². The maximum Gasteiger partial charge on any atom is 0.126 e. The molecule has 0 heterocycles. The molecule has 0 saturated carbocycles. The molecule has 1 aromatic rings. The summed E-state index contributed by atoms with van der Waals surface area (Å²) in [6.07, 6.45) is 5.13. The van der Waals surface area contributed by atoms with Crippen LogP contribution in [-0.4, -0.2) is 12.2 Å². The van der Waals surface area contributed by atoms with Gasteiger partial charge >= 0.3 is 0 Å². The average molecular weight is 276 g/mol. The molecule has 0 radical (unpaired) electrons. The highest BCUT2D eigenvalue weighted by molar-refractivity contribution is 5.49. The largest absolute Gasteiger partial charge is 0.508 e. The Morgan fingerprint density at radius 3 is 2.45 bits per heavy atom. The lowest BCUT2D eigenvalue weighted by atomic mass is 9.79. The highest BCUT2D eigenvalue weighted by atomic mass is 16.5. The molecule has 0 aliphatic heterocycles. The molecule has 20 heavy (non-hydrogen) atoms. The fraction of sp³-hybridized carbons (Fsp3) is 0.556. The molecule has 0 atom stereocenters. The number of phenols is 1. The molecule has 0 bridgehead atoms. The van der Waals surface area contributed by atoms with Gasteiger partial charge in [-0.25, -0.2) is 0 Å². The molecule has 0 unspecified atom stereocenters. The summed E-state index contributed by atoms with van der Waals surface area (Å²) in [7, 11) is 1.66. The number of hydrogen-bond acceptors (Lipinski definition) is 2. The zero-order chi connectivity index (χ0) is 15.3. The van der Waals surface area contributed by atoms with Gasteiger partial charge in [0.1, 0.15) is 11.5 Å². The van der Waals surface area contributed by atoms with E-state index in [-0.39, 0.29) is 5.41 Å². The second-order valence-electron chi connectivity index (χ2n) is 6.23. The molecule has 0 aliphatic rings. The summed E-state index contributed by atoms with van der Waals surface area (Å²) in [5.74, 6) is 1.13. The monoisotopic (exact) mass is 276 g/mol. The normalized spacial score (nSPS) is 11.3. The van der Waals surface area contributed by atoms with Crippen molar-refractivity contribution >= 4 is 0 Å². The number of aromatic hydroxyl groups is 1. The maximum absolute atomic E-state index is 10.2. The summed E-state index contributed by atoms with van der Waals surface area (Å²) >= 11 is 0. The number of benzene rings is 1. The Hall–Kier alpha value is -1.44. The quantitative estimate of drug-likeness (QED) is 0.742. The first-order chi connectivity index (χ1) is 9.31. The van der Waals surface area contributed by atoms with E-state index in [2.05, 4.69) is 39.8 Å². The van der Waals surface area contributed by atoms with Crippen LogP contribution in [0.2, 0.25) is 0 Å². The van der Waals surface area contributed by atoms with Gasteiger partial charge < -0.3 is 9.84 Å². The Balaban J connectivity index is 3.05. The first kappa shape index (κ1) is 16.6. The first-order valence-corrected chi connectivity index (χ1v) is 7.35. The van der Waals surface area contributed by atoms with Gasteiger partial charge in [0.25, 0.3) is 0 Å². The van der Waals surface area contributed by atoms with Crippen LogP contribution in [-0.2, 0) is 11.8 Å². The molecule has 112 valence electrons. The molecule has 2 nitrogen and oxygen atoms in total. The van der Waals surface area contributed by atoms with Crippen LogP contribution in [0.3, 0.4) is 0 Å². The summed E-state index contributed by atoms with van der Waals surface area (Å²) in [5, 5.41) is 10.2. The zero-order valence-electron chi connectivity index (χ0n) is 13.7. The Labute approximate surface area is 123 Å². The topological polar surface area (TPSA) is 29.5 Å². The number of allylic oxidation sites excluding steroid dienone is 2. The van der Waals surface area contributed by atoms with Crippen LogP contribution in [0.25, 0.3) is 0 Å². The predicted molar refractivity (Wildman–Crippen MR) is 85.7 cm³/mol. The number of rotatable bonds is 6. The third kappa shape index (κ3) is 4.03. The molecule has 0 saturated heterocycles. The van der Waals surface area contributed by atoms with E-state index in [4.69, 9.17) is 4.74 Å². The highest BCUT2D eigenvalue weighted by Gasteiger charge is 2.22. The van der Waals surface area contributed by atoms with Crippen molar-refractivity contribution in [3.63, 3.8) is 0 Å². The van der Waals surface area contributed by atoms with Crippen LogP contribution in [0, 0.1) is 0 Å². The van der Waals surface area contributed by atoms with Crippen molar-refractivity contribution in [3.05, 3.63) is 34.9 Å². The van der Waals surface area contributed by atoms with Gasteiger partial charge in [0, 0.05) is 5.56 Å². The van der Waals surface area contributed by atoms with E-state index in [1.807, 2.05) is 13.0 Å². The molecule has 0 aromatic heterocycles. The van der Waals surface area contributed by atoms with E-state index >= 15 is 0 Å². The van der Waals surface area contributed by atoms with Crippen molar-refractivity contribution in [2.45, 2.75) is 59.3 Å². The van der Waals surface area contributed by atoms with Crippen LogP contribution < -0.4 is 4.74 Å². The van der Waals surface area contributed by atoms with E-state index in [1.54, 1.807) is 7.11 Å². The smallest absolute Gasteiger partial charge is 0.126 e. The van der Waals surface area contributed by atoms with Crippen molar-refractivity contribution in [1.29, 1.82) is 0 Å². The van der Waals surface area contributed by atoms with Gasteiger partial charge in [-0.1, -0.05) is 32.4 Å². The fourth-order valence-electron chi connectivity index (χ4n) is 2.42. The number of methoxy groups -OCH3 is 1. The lowest BCUT2D eigenvalue weighted by Crippen LogP contribution is -2.17. The van der Waals surface area contributed by atoms with Gasteiger partial charge in [-0.3, -0.25) is 0 Å². The number of phenolic OH excluding ortho intramolecular Hbond substituents is 1. The van der Waals surface area contributed by atoms with Crippen molar-refractivity contribution in [1.82, 2.24) is 0 Å².